The SMILES string of the molecule is CN(C)C1(C)N=Nc2ccccc21. The van der Waals surface area contributed by atoms with E-state index < -0.39 is 0 Å². The summed E-state index contributed by atoms with van der Waals surface area (Å²) in [5.41, 5.74) is 1.88. The number of fused-ring (bicyclic) bond motifs is 1. The third kappa shape index (κ3) is 1.08. The minimum atomic E-state index is -0.281. The zero-order chi connectivity index (χ0) is 9.47. The first kappa shape index (κ1) is 8.38. The van der Waals surface area contributed by atoms with Crippen molar-refractivity contribution in [2.45, 2.75) is 12.6 Å². The molecule has 0 spiro atoms. The number of azo groups is 1. The van der Waals surface area contributed by atoms with Crippen molar-refractivity contribution in [2.75, 3.05) is 14.1 Å². The molecule has 68 valence electrons. The van der Waals surface area contributed by atoms with Crippen molar-refractivity contribution in [1.82, 2.24) is 4.90 Å². The van der Waals surface area contributed by atoms with E-state index in [0.717, 1.165) is 5.69 Å². The molecule has 0 aliphatic carbocycles. The van der Waals surface area contributed by atoms with Crippen LogP contribution in [-0.2, 0) is 5.66 Å². The van der Waals surface area contributed by atoms with Crippen LogP contribution in [0, 0.1) is 0 Å². The molecule has 1 aromatic carbocycles. The Morgan fingerprint density at radius 1 is 1.23 bits per heavy atom. The molecule has 0 amide bonds. The van der Waals surface area contributed by atoms with Gasteiger partial charge in [0.2, 0.25) is 0 Å². The first-order valence-corrected chi connectivity index (χ1v) is 4.34. The first-order chi connectivity index (χ1) is 6.14. The van der Waals surface area contributed by atoms with E-state index in [0.29, 0.717) is 0 Å². The average Bonchev–Trinajstić information content (AvgIpc) is 2.47. The molecule has 0 bridgehead atoms. The Morgan fingerprint density at radius 2 is 1.92 bits per heavy atom. The Bertz CT molecular complexity index is 357. The van der Waals surface area contributed by atoms with Crippen LogP contribution >= 0.6 is 0 Å². The van der Waals surface area contributed by atoms with E-state index in [4.69, 9.17) is 0 Å². The van der Waals surface area contributed by atoms with Crippen molar-refractivity contribution >= 4 is 5.69 Å². The smallest absolute Gasteiger partial charge is 0.159 e. The van der Waals surface area contributed by atoms with Crippen LogP contribution in [0.15, 0.2) is 34.5 Å². The quantitative estimate of drug-likeness (QED) is 0.644. The van der Waals surface area contributed by atoms with E-state index >= 15 is 0 Å². The highest BCUT2D eigenvalue weighted by atomic mass is 15.4. The molecule has 3 nitrogen and oxygen atoms in total. The second-order valence-electron chi connectivity index (χ2n) is 3.63. The highest BCUT2D eigenvalue weighted by Crippen LogP contribution is 2.40. The molecule has 0 saturated carbocycles. The molecular formula is C10H13N3. The number of hydrogen-bond acceptors (Lipinski definition) is 3. The highest BCUT2D eigenvalue weighted by molar-refractivity contribution is 5.51. The van der Waals surface area contributed by atoms with E-state index in [1.807, 2.05) is 32.3 Å². The molecule has 1 atom stereocenters. The van der Waals surface area contributed by atoms with Crippen molar-refractivity contribution in [3.05, 3.63) is 29.8 Å². The zero-order valence-electron chi connectivity index (χ0n) is 8.15. The molecule has 1 aromatic rings. The van der Waals surface area contributed by atoms with Crippen LogP contribution in [0.5, 0.6) is 0 Å². The summed E-state index contributed by atoms with van der Waals surface area (Å²) in [6, 6.07) is 8.08. The van der Waals surface area contributed by atoms with Gasteiger partial charge < -0.3 is 0 Å². The van der Waals surface area contributed by atoms with E-state index in [-0.39, 0.29) is 5.66 Å². The summed E-state index contributed by atoms with van der Waals surface area (Å²) in [5, 5.41) is 8.44. The van der Waals surface area contributed by atoms with Crippen LogP contribution in [0.4, 0.5) is 5.69 Å². The van der Waals surface area contributed by atoms with Gasteiger partial charge in [-0.25, -0.2) is 0 Å². The molecule has 1 unspecified atom stereocenters. The molecule has 0 saturated heterocycles. The molecule has 0 radical (unpaired) electrons. The third-order valence-corrected chi connectivity index (χ3v) is 2.64. The number of rotatable bonds is 1. The van der Waals surface area contributed by atoms with Gasteiger partial charge in [-0.1, -0.05) is 18.2 Å². The summed E-state index contributed by atoms with van der Waals surface area (Å²) < 4.78 is 0. The van der Waals surface area contributed by atoms with Crippen LogP contribution in [0.2, 0.25) is 0 Å². The summed E-state index contributed by atoms with van der Waals surface area (Å²) in [6.45, 7) is 2.07. The van der Waals surface area contributed by atoms with Gasteiger partial charge >= 0.3 is 0 Å². The van der Waals surface area contributed by atoms with Crippen LogP contribution < -0.4 is 0 Å². The lowest BCUT2D eigenvalue weighted by molar-refractivity contribution is 0.185. The molecule has 13 heavy (non-hydrogen) atoms. The van der Waals surface area contributed by atoms with E-state index in [1.165, 1.54) is 5.56 Å². The molecule has 0 fully saturated rings. The van der Waals surface area contributed by atoms with Gasteiger partial charge in [0, 0.05) is 5.56 Å². The fourth-order valence-corrected chi connectivity index (χ4v) is 1.50. The standard InChI is InChI=1S/C10H13N3/c1-10(13(2)3)8-6-4-5-7-9(8)11-12-10/h4-7H,1-3H3. The van der Waals surface area contributed by atoms with Gasteiger partial charge in [-0.3, -0.25) is 4.90 Å². The summed E-state index contributed by atoms with van der Waals surface area (Å²) >= 11 is 0. The third-order valence-electron chi connectivity index (χ3n) is 2.64. The summed E-state index contributed by atoms with van der Waals surface area (Å²) in [6.07, 6.45) is 0. The minimum Gasteiger partial charge on any atom is -0.280 e. The van der Waals surface area contributed by atoms with Crippen molar-refractivity contribution in [3.8, 4) is 0 Å². The second-order valence-corrected chi connectivity index (χ2v) is 3.63. The maximum absolute atomic E-state index is 4.29. The number of nitrogens with zero attached hydrogens (tertiary/aromatic N) is 3. The van der Waals surface area contributed by atoms with Gasteiger partial charge in [0.05, 0.1) is 5.69 Å². The maximum atomic E-state index is 4.29. The predicted octanol–water partition coefficient (Wildman–Crippen LogP) is 2.52. The Balaban J connectivity index is 2.55. The predicted molar refractivity (Wildman–Crippen MR) is 52.0 cm³/mol. The van der Waals surface area contributed by atoms with Gasteiger partial charge in [-0.15, -0.1) is 0 Å². The number of hydrogen-bond donors (Lipinski definition) is 0. The van der Waals surface area contributed by atoms with Crippen LogP contribution in [-0.4, -0.2) is 19.0 Å². The monoisotopic (exact) mass is 175 g/mol. The summed E-state index contributed by atoms with van der Waals surface area (Å²) in [5.74, 6) is 0. The van der Waals surface area contributed by atoms with Gasteiger partial charge in [0.15, 0.2) is 5.66 Å². The lowest BCUT2D eigenvalue weighted by Gasteiger charge is -2.28. The van der Waals surface area contributed by atoms with Crippen LogP contribution in [0.3, 0.4) is 0 Å². The fraction of sp³-hybridized carbons (Fsp3) is 0.400. The van der Waals surface area contributed by atoms with Crippen LogP contribution in [0.1, 0.15) is 12.5 Å². The minimum absolute atomic E-state index is 0.281. The molecule has 0 aromatic heterocycles. The van der Waals surface area contributed by atoms with E-state index in [1.54, 1.807) is 0 Å². The van der Waals surface area contributed by atoms with Crippen molar-refractivity contribution in [1.29, 1.82) is 0 Å². The molecule has 1 heterocycles. The lowest BCUT2D eigenvalue weighted by atomic mass is 10.0. The normalized spacial score (nSPS) is 25.2. The fourth-order valence-electron chi connectivity index (χ4n) is 1.50. The summed E-state index contributed by atoms with van der Waals surface area (Å²) in [7, 11) is 4.03. The lowest BCUT2D eigenvalue weighted by Crippen LogP contribution is -2.34. The Labute approximate surface area is 78.1 Å². The second kappa shape index (κ2) is 2.64. The van der Waals surface area contributed by atoms with Gasteiger partial charge in [-0.2, -0.15) is 10.2 Å². The van der Waals surface area contributed by atoms with Gasteiger partial charge in [0.25, 0.3) is 0 Å². The molecule has 1 aliphatic rings. The van der Waals surface area contributed by atoms with E-state index in [9.17, 15) is 0 Å². The molecule has 3 heteroatoms. The van der Waals surface area contributed by atoms with Crippen molar-refractivity contribution in [2.24, 2.45) is 10.2 Å². The van der Waals surface area contributed by atoms with Gasteiger partial charge in [0.1, 0.15) is 0 Å². The molecular weight excluding hydrogens is 162 g/mol. The van der Waals surface area contributed by atoms with Crippen molar-refractivity contribution in [3.63, 3.8) is 0 Å². The van der Waals surface area contributed by atoms with E-state index in [2.05, 4.69) is 28.1 Å². The topological polar surface area (TPSA) is 28.0 Å². The molecule has 2 rings (SSSR count). The largest absolute Gasteiger partial charge is 0.280 e. The molecule has 0 N–H and O–H groups in total. The first-order valence-electron chi connectivity index (χ1n) is 4.34. The Kier molecular flexibility index (Phi) is 1.70. The van der Waals surface area contributed by atoms with Crippen molar-refractivity contribution < 1.29 is 0 Å². The zero-order valence-corrected chi connectivity index (χ0v) is 8.15. The maximum Gasteiger partial charge on any atom is 0.159 e. The Hall–Kier alpha value is -1.22. The molecule has 1 aliphatic heterocycles. The summed E-state index contributed by atoms with van der Waals surface area (Å²) in [4.78, 5) is 2.07. The highest BCUT2D eigenvalue weighted by Gasteiger charge is 2.35. The van der Waals surface area contributed by atoms with Gasteiger partial charge in [-0.05, 0) is 27.1 Å². The Morgan fingerprint density at radius 3 is 2.62 bits per heavy atom. The number of benzene rings is 1. The van der Waals surface area contributed by atoms with Crippen LogP contribution in [0.25, 0.3) is 0 Å². The average molecular weight is 175 g/mol.